The van der Waals surface area contributed by atoms with Crippen molar-refractivity contribution in [2.24, 2.45) is 0 Å². The van der Waals surface area contributed by atoms with E-state index in [4.69, 9.17) is 0 Å². The average molecular weight is 248 g/mol. The van der Waals surface area contributed by atoms with E-state index in [0.717, 1.165) is 11.5 Å². The van der Waals surface area contributed by atoms with Gasteiger partial charge in [0.25, 0.3) is 0 Å². The summed E-state index contributed by atoms with van der Waals surface area (Å²) < 4.78 is 0. The molecule has 2 heterocycles. The number of nitrogens with zero attached hydrogens (tertiary/aromatic N) is 3. The topological polar surface area (TPSA) is 41.0 Å². The number of piperidine rings is 1. The summed E-state index contributed by atoms with van der Waals surface area (Å²) in [6.07, 6.45) is 8.63. The fraction of sp³-hybridized carbons (Fsp3) is 0.714. The van der Waals surface area contributed by atoms with Crippen molar-refractivity contribution in [1.29, 1.82) is 0 Å². The van der Waals surface area contributed by atoms with Crippen LogP contribution in [0.25, 0.3) is 0 Å². The third kappa shape index (κ3) is 3.95. The van der Waals surface area contributed by atoms with Gasteiger partial charge in [-0.25, -0.2) is 4.98 Å². The van der Waals surface area contributed by atoms with Gasteiger partial charge >= 0.3 is 0 Å². The van der Waals surface area contributed by atoms with Crippen molar-refractivity contribution in [1.82, 2.24) is 14.9 Å². The van der Waals surface area contributed by atoms with E-state index >= 15 is 0 Å². The van der Waals surface area contributed by atoms with Crippen LogP contribution in [-0.4, -0.2) is 40.5 Å². The standard InChI is InChI=1S/C14H24N4/c1-3-4-7-18-8-5-13(6-9-18)17-14-11-15-10-12(2)16-14/h10-11,13H,3-9H2,1-2H3,(H,16,17). The Kier molecular flexibility index (Phi) is 4.93. The van der Waals surface area contributed by atoms with Gasteiger partial charge in [-0.15, -0.1) is 0 Å². The third-order valence-electron chi connectivity index (χ3n) is 3.52. The van der Waals surface area contributed by atoms with Crippen LogP contribution in [0.15, 0.2) is 12.4 Å². The second-order valence-electron chi connectivity index (χ2n) is 5.16. The van der Waals surface area contributed by atoms with E-state index in [9.17, 15) is 0 Å². The van der Waals surface area contributed by atoms with E-state index in [-0.39, 0.29) is 0 Å². The average Bonchev–Trinajstić information content (AvgIpc) is 2.38. The number of aryl methyl sites for hydroxylation is 1. The molecule has 0 spiro atoms. The minimum absolute atomic E-state index is 0.555. The molecular weight excluding hydrogens is 224 g/mol. The van der Waals surface area contributed by atoms with Crippen molar-refractivity contribution in [3.8, 4) is 0 Å². The van der Waals surface area contributed by atoms with Gasteiger partial charge in [0.05, 0.1) is 11.9 Å². The molecule has 1 aliphatic rings. The van der Waals surface area contributed by atoms with Crippen LogP contribution in [0.1, 0.15) is 38.3 Å². The smallest absolute Gasteiger partial charge is 0.145 e. The molecule has 1 aromatic heterocycles. The first-order valence-electron chi connectivity index (χ1n) is 7.05. The van der Waals surface area contributed by atoms with Crippen LogP contribution >= 0.6 is 0 Å². The number of aromatic nitrogens is 2. The molecule has 0 unspecified atom stereocenters. The predicted octanol–water partition coefficient (Wildman–Crippen LogP) is 2.46. The molecule has 0 aromatic carbocycles. The Bertz CT molecular complexity index is 359. The Morgan fingerprint density at radius 3 is 2.78 bits per heavy atom. The van der Waals surface area contributed by atoms with E-state index < -0.39 is 0 Å². The summed E-state index contributed by atoms with van der Waals surface area (Å²) in [5.74, 6) is 0.919. The van der Waals surface area contributed by atoms with E-state index in [0.29, 0.717) is 6.04 Å². The molecule has 0 aliphatic carbocycles. The highest BCUT2D eigenvalue weighted by Gasteiger charge is 2.18. The van der Waals surface area contributed by atoms with Crippen LogP contribution in [0.3, 0.4) is 0 Å². The molecular formula is C14H24N4. The van der Waals surface area contributed by atoms with Gasteiger partial charge in [0.1, 0.15) is 5.82 Å². The van der Waals surface area contributed by atoms with Gasteiger partial charge in [-0.05, 0) is 32.7 Å². The Hall–Kier alpha value is -1.16. The predicted molar refractivity (Wildman–Crippen MR) is 74.8 cm³/mol. The zero-order valence-corrected chi connectivity index (χ0v) is 11.5. The lowest BCUT2D eigenvalue weighted by molar-refractivity contribution is 0.216. The highest BCUT2D eigenvalue weighted by atomic mass is 15.1. The molecule has 1 aromatic rings. The number of hydrogen-bond donors (Lipinski definition) is 1. The third-order valence-corrected chi connectivity index (χ3v) is 3.52. The zero-order valence-electron chi connectivity index (χ0n) is 11.5. The van der Waals surface area contributed by atoms with E-state index in [1.807, 2.05) is 13.1 Å². The fourth-order valence-electron chi connectivity index (χ4n) is 2.42. The van der Waals surface area contributed by atoms with Gasteiger partial charge in [0.2, 0.25) is 0 Å². The van der Waals surface area contributed by atoms with Crippen molar-refractivity contribution in [3.63, 3.8) is 0 Å². The number of hydrogen-bond acceptors (Lipinski definition) is 4. The SMILES string of the molecule is CCCCN1CCC(Nc2cncc(C)n2)CC1. The fourth-order valence-corrected chi connectivity index (χ4v) is 2.42. The molecule has 1 aliphatic heterocycles. The largest absolute Gasteiger partial charge is 0.366 e. The lowest BCUT2D eigenvalue weighted by atomic mass is 10.0. The lowest BCUT2D eigenvalue weighted by Gasteiger charge is -2.32. The molecule has 1 fully saturated rings. The number of unbranched alkanes of at least 4 members (excludes halogenated alkanes) is 1. The van der Waals surface area contributed by atoms with Crippen molar-refractivity contribution >= 4 is 5.82 Å². The van der Waals surface area contributed by atoms with Crippen molar-refractivity contribution in [2.75, 3.05) is 25.0 Å². The maximum absolute atomic E-state index is 4.45. The monoisotopic (exact) mass is 248 g/mol. The molecule has 1 saturated heterocycles. The first-order chi connectivity index (χ1) is 8.78. The Morgan fingerprint density at radius 1 is 1.33 bits per heavy atom. The Balaban J connectivity index is 1.76. The first-order valence-corrected chi connectivity index (χ1v) is 7.05. The molecule has 4 heteroatoms. The second kappa shape index (κ2) is 6.69. The maximum Gasteiger partial charge on any atom is 0.145 e. The van der Waals surface area contributed by atoms with Crippen LogP contribution in [0.4, 0.5) is 5.82 Å². The normalized spacial score (nSPS) is 17.9. The summed E-state index contributed by atoms with van der Waals surface area (Å²) in [4.78, 5) is 11.2. The molecule has 0 radical (unpaired) electrons. The van der Waals surface area contributed by atoms with Gasteiger partial charge in [-0.3, -0.25) is 4.98 Å². The van der Waals surface area contributed by atoms with Crippen molar-refractivity contribution in [2.45, 2.75) is 45.6 Å². The minimum Gasteiger partial charge on any atom is -0.366 e. The lowest BCUT2D eigenvalue weighted by Crippen LogP contribution is -2.39. The summed E-state index contributed by atoms with van der Waals surface area (Å²) >= 11 is 0. The summed E-state index contributed by atoms with van der Waals surface area (Å²) in [5.41, 5.74) is 0.973. The molecule has 4 nitrogen and oxygen atoms in total. The Labute approximate surface area is 110 Å². The van der Waals surface area contributed by atoms with Gasteiger partial charge in [0.15, 0.2) is 0 Å². The second-order valence-corrected chi connectivity index (χ2v) is 5.16. The maximum atomic E-state index is 4.45. The summed E-state index contributed by atoms with van der Waals surface area (Å²) in [5, 5.41) is 3.50. The quantitative estimate of drug-likeness (QED) is 0.869. The summed E-state index contributed by atoms with van der Waals surface area (Å²) in [6.45, 7) is 7.90. The molecule has 2 rings (SSSR count). The summed E-state index contributed by atoms with van der Waals surface area (Å²) in [7, 11) is 0. The number of nitrogens with one attached hydrogen (secondary N) is 1. The highest BCUT2D eigenvalue weighted by molar-refractivity contribution is 5.33. The molecule has 100 valence electrons. The molecule has 1 N–H and O–H groups in total. The van der Waals surface area contributed by atoms with Crippen LogP contribution < -0.4 is 5.32 Å². The number of likely N-dealkylation sites (tertiary alicyclic amines) is 1. The van der Waals surface area contributed by atoms with Gasteiger partial charge in [-0.1, -0.05) is 13.3 Å². The van der Waals surface area contributed by atoms with Gasteiger partial charge in [-0.2, -0.15) is 0 Å². The number of rotatable bonds is 5. The molecule has 0 amide bonds. The minimum atomic E-state index is 0.555. The highest BCUT2D eigenvalue weighted by Crippen LogP contribution is 2.15. The van der Waals surface area contributed by atoms with E-state index in [1.54, 1.807) is 6.20 Å². The molecule has 0 saturated carbocycles. The Morgan fingerprint density at radius 2 is 2.11 bits per heavy atom. The van der Waals surface area contributed by atoms with Crippen LogP contribution in [0, 0.1) is 6.92 Å². The van der Waals surface area contributed by atoms with Crippen molar-refractivity contribution in [3.05, 3.63) is 18.1 Å². The first kappa shape index (κ1) is 13.3. The van der Waals surface area contributed by atoms with Crippen LogP contribution in [-0.2, 0) is 0 Å². The zero-order chi connectivity index (χ0) is 12.8. The molecule has 0 bridgehead atoms. The van der Waals surface area contributed by atoms with Crippen molar-refractivity contribution < 1.29 is 0 Å². The number of anilines is 1. The molecule has 0 atom stereocenters. The van der Waals surface area contributed by atoms with E-state index in [2.05, 4.69) is 27.1 Å². The van der Waals surface area contributed by atoms with E-state index in [1.165, 1.54) is 45.3 Å². The van der Waals surface area contributed by atoms with Gasteiger partial charge < -0.3 is 10.2 Å². The van der Waals surface area contributed by atoms with Crippen LogP contribution in [0.5, 0.6) is 0 Å². The molecule has 18 heavy (non-hydrogen) atoms. The summed E-state index contributed by atoms with van der Waals surface area (Å²) in [6, 6.07) is 0.555. The van der Waals surface area contributed by atoms with Gasteiger partial charge in [0, 0.05) is 25.3 Å². The van der Waals surface area contributed by atoms with Crippen LogP contribution in [0.2, 0.25) is 0 Å².